The average Bonchev–Trinajstić information content (AvgIpc) is 3.21. The zero-order valence-corrected chi connectivity index (χ0v) is 45.6. The summed E-state index contributed by atoms with van der Waals surface area (Å²) in [7, 11) is 0.445. The summed E-state index contributed by atoms with van der Waals surface area (Å²) in [5.74, 6) is 6.70. The fourth-order valence-electron chi connectivity index (χ4n) is 6.73. The molecule has 0 aliphatic rings. The van der Waals surface area contributed by atoms with Gasteiger partial charge in [-0.05, 0) is 130 Å². The molecule has 0 heterocycles. The Bertz CT molecular complexity index is 1070. The largest absolute Gasteiger partial charge is 0.500 e. The molecule has 0 spiro atoms. The maximum absolute atomic E-state index is 6.08. The molecule has 59 heavy (non-hydrogen) atoms. The Kier molecular flexibility index (Phi) is 38.1. The Hall–Kier alpha value is 1.26. The predicted molar refractivity (Wildman–Crippen MR) is 268 cm³/mol. The van der Waals surface area contributed by atoms with Gasteiger partial charge in [0.25, 0.3) is 0 Å². The van der Waals surface area contributed by atoms with Crippen molar-refractivity contribution in [2.75, 3.05) is 88.2 Å². The van der Waals surface area contributed by atoms with E-state index >= 15 is 0 Å². The van der Waals surface area contributed by atoms with Gasteiger partial charge in [0.05, 0.1) is 0 Å². The molecular weight excluding hydrogens is 893 g/mol. The topological polar surface area (TPSA) is 83.1 Å². The lowest BCUT2D eigenvalue weighted by molar-refractivity contribution is 0.0699. The third kappa shape index (κ3) is 26.7. The minimum atomic E-state index is -2.58. The van der Waals surface area contributed by atoms with Crippen molar-refractivity contribution in [1.29, 1.82) is 0 Å². The van der Waals surface area contributed by atoms with Crippen molar-refractivity contribution in [3.8, 4) is 0 Å². The zero-order chi connectivity index (χ0) is 43.3. The number of hydrogen-bond donors (Lipinski definition) is 0. The van der Waals surface area contributed by atoms with E-state index in [0.717, 1.165) is 73.2 Å². The van der Waals surface area contributed by atoms with E-state index in [4.69, 9.17) is 39.8 Å². The number of rotatable bonds is 44. The minimum Gasteiger partial charge on any atom is -0.374 e. The number of unbranched alkanes of at least 4 members (excludes halogenated alkanes) is 4. The van der Waals surface area contributed by atoms with Crippen LogP contribution in [0.2, 0.25) is 18.1 Å². The van der Waals surface area contributed by atoms with Crippen molar-refractivity contribution in [3.63, 3.8) is 0 Å². The van der Waals surface area contributed by atoms with E-state index in [1.54, 1.807) is 0 Å². The predicted octanol–water partition coefficient (Wildman–Crippen LogP) is 12.6. The van der Waals surface area contributed by atoms with Crippen LogP contribution in [-0.4, -0.2) is 115 Å². The van der Waals surface area contributed by atoms with E-state index in [9.17, 15) is 0 Å². The van der Waals surface area contributed by atoms with Crippen LogP contribution in [-0.2, 0) is 58.4 Å². The van der Waals surface area contributed by atoms with E-state index in [-0.39, 0.29) is 0 Å². The minimum absolute atomic E-state index is 0.630. The van der Waals surface area contributed by atoms with Crippen molar-refractivity contribution in [1.82, 2.24) is 0 Å². The first kappa shape index (κ1) is 58.3. The maximum Gasteiger partial charge on any atom is 0.500 e. The van der Waals surface area contributed by atoms with Crippen molar-refractivity contribution < 1.29 is 39.8 Å². The molecule has 0 aromatic heterocycles. The highest BCUT2D eigenvalue weighted by Crippen LogP contribution is 2.30. The van der Waals surface area contributed by atoms with Crippen molar-refractivity contribution in [2.45, 2.75) is 144 Å². The SMILES string of the molecule is CCO[Si](CCCCCSSCCc1ccc(CSCCC[Si](OCC)(OCC)OCC)cc1CCSSCCCCC[Si](OCC)(OCC)OCC)(OCC)OCC. The molecule has 1 aromatic carbocycles. The lowest BCUT2D eigenvalue weighted by Gasteiger charge is -2.28. The van der Waals surface area contributed by atoms with Gasteiger partial charge in [0.15, 0.2) is 0 Å². The lowest BCUT2D eigenvalue weighted by atomic mass is 10.0. The first-order chi connectivity index (χ1) is 28.8. The number of aryl methyl sites for hydroxylation is 2. The molecule has 0 saturated heterocycles. The molecular formula is C42H84O9S5Si3. The second-order valence-electron chi connectivity index (χ2n) is 13.6. The Labute approximate surface area is 385 Å². The summed E-state index contributed by atoms with van der Waals surface area (Å²) in [6.07, 6.45) is 10.2. The molecule has 0 saturated carbocycles. The van der Waals surface area contributed by atoms with Crippen LogP contribution in [0, 0.1) is 0 Å². The molecule has 0 aliphatic carbocycles. The van der Waals surface area contributed by atoms with Gasteiger partial charge in [0.2, 0.25) is 0 Å². The van der Waals surface area contributed by atoms with Crippen molar-refractivity contribution in [2.24, 2.45) is 0 Å². The first-order valence-corrected chi connectivity index (χ1v) is 34.7. The smallest absolute Gasteiger partial charge is 0.374 e. The Balaban J connectivity index is 2.66. The van der Waals surface area contributed by atoms with Gasteiger partial charge in [-0.2, -0.15) is 11.8 Å². The summed E-state index contributed by atoms with van der Waals surface area (Å²) < 4.78 is 54.5. The normalized spacial score (nSPS) is 12.6. The molecule has 0 aliphatic heterocycles. The summed E-state index contributed by atoms with van der Waals surface area (Å²) in [5, 5.41) is 0. The highest BCUT2D eigenvalue weighted by molar-refractivity contribution is 8.77. The van der Waals surface area contributed by atoms with Crippen LogP contribution < -0.4 is 0 Å². The van der Waals surface area contributed by atoms with Gasteiger partial charge in [-0.15, -0.1) is 0 Å². The van der Waals surface area contributed by atoms with Crippen LogP contribution in [0.15, 0.2) is 18.2 Å². The van der Waals surface area contributed by atoms with Crippen LogP contribution in [0.25, 0.3) is 0 Å². The van der Waals surface area contributed by atoms with Gasteiger partial charge >= 0.3 is 26.4 Å². The molecule has 0 radical (unpaired) electrons. The number of benzene rings is 1. The molecule has 0 N–H and O–H groups in total. The molecule has 1 rings (SSSR count). The van der Waals surface area contributed by atoms with Crippen LogP contribution in [0.1, 0.15) is 124 Å². The third-order valence-electron chi connectivity index (χ3n) is 9.09. The molecule has 17 heteroatoms. The van der Waals surface area contributed by atoms with Crippen LogP contribution in [0.5, 0.6) is 0 Å². The fraction of sp³-hybridized carbons (Fsp3) is 0.857. The number of hydrogen-bond acceptors (Lipinski definition) is 14. The molecule has 0 fully saturated rings. The summed E-state index contributed by atoms with van der Waals surface area (Å²) in [6, 6.07) is 9.96. The lowest BCUT2D eigenvalue weighted by Crippen LogP contribution is -2.46. The van der Waals surface area contributed by atoms with Gasteiger partial charge < -0.3 is 39.8 Å². The molecule has 0 amide bonds. The van der Waals surface area contributed by atoms with E-state index in [2.05, 4.69) is 18.2 Å². The molecule has 0 unspecified atom stereocenters. The monoisotopic (exact) mass is 976 g/mol. The molecule has 348 valence electrons. The highest BCUT2D eigenvalue weighted by atomic mass is 33.1. The Morgan fingerprint density at radius 3 is 1.12 bits per heavy atom. The van der Waals surface area contributed by atoms with E-state index in [1.807, 2.05) is 117 Å². The second-order valence-corrected chi connectivity index (χ2v) is 28.3. The van der Waals surface area contributed by atoms with Gasteiger partial charge in [0, 0.05) is 106 Å². The third-order valence-corrected chi connectivity index (χ3v) is 24.6. The summed E-state index contributed by atoms with van der Waals surface area (Å²) in [5.41, 5.74) is 4.45. The summed E-state index contributed by atoms with van der Waals surface area (Å²) >= 11 is 2.01. The van der Waals surface area contributed by atoms with Crippen LogP contribution >= 0.6 is 54.9 Å². The highest BCUT2D eigenvalue weighted by Gasteiger charge is 2.41. The maximum atomic E-state index is 6.08. The van der Waals surface area contributed by atoms with Gasteiger partial charge in [-0.25, -0.2) is 0 Å². The Morgan fingerprint density at radius 1 is 0.373 bits per heavy atom. The average molecular weight is 978 g/mol. The summed E-state index contributed by atoms with van der Waals surface area (Å²) in [4.78, 5) is 0. The standard InChI is InChI=1S/C42H84O9S5Si3/c1-10-43-57(44-11-2,45-12-3)35-23-19-21-31-53-55-33-28-41-27-26-40(39-52-30-25-37-59(49-16-7,50-17-8)51-18-9)38-42(41)29-34-56-54-32-22-20-24-36-58(46-13-4,47-14-5)48-15-6/h26-27,38H,10-25,28-37,39H2,1-9H3. The van der Waals surface area contributed by atoms with Gasteiger partial charge in [-0.3, -0.25) is 0 Å². The van der Waals surface area contributed by atoms with Crippen LogP contribution in [0.4, 0.5) is 0 Å². The van der Waals surface area contributed by atoms with Gasteiger partial charge in [0.1, 0.15) is 0 Å². The van der Waals surface area contributed by atoms with Gasteiger partial charge in [-0.1, -0.05) is 74.2 Å². The Morgan fingerprint density at radius 2 is 0.729 bits per heavy atom. The van der Waals surface area contributed by atoms with Crippen molar-refractivity contribution >= 4 is 81.4 Å². The molecule has 0 atom stereocenters. The van der Waals surface area contributed by atoms with E-state index in [1.165, 1.54) is 53.9 Å². The van der Waals surface area contributed by atoms with Crippen LogP contribution in [0.3, 0.4) is 0 Å². The van der Waals surface area contributed by atoms with E-state index < -0.39 is 26.4 Å². The molecule has 0 bridgehead atoms. The summed E-state index contributed by atoms with van der Waals surface area (Å²) in [6.45, 7) is 24.0. The first-order valence-electron chi connectivity index (χ1n) is 22.7. The van der Waals surface area contributed by atoms with Crippen molar-refractivity contribution in [3.05, 3.63) is 34.9 Å². The number of thioether (sulfide) groups is 1. The quantitative estimate of drug-likeness (QED) is 0.0353. The molecule has 9 nitrogen and oxygen atoms in total. The van der Waals surface area contributed by atoms with E-state index in [0.29, 0.717) is 59.5 Å². The zero-order valence-electron chi connectivity index (χ0n) is 38.5. The second kappa shape index (κ2) is 38.5. The fourth-order valence-corrected chi connectivity index (χ4v) is 20.2. The molecule has 1 aromatic rings.